The molecule has 0 bridgehead atoms. The quantitative estimate of drug-likeness (QED) is 0.855. The molecule has 132 valence electrons. The molecule has 1 aliphatic heterocycles. The number of methoxy groups -OCH3 is 1. The zero-order chi connectivity index (χ0) is 17.9. The van der Waals surface area contributed by atoms with Crippen molar-refractivity contribution in [2.24, 2.45) is 0 Å². The highest BCUT2D eigenvalue weighted by atomic mass is 16.6. The van der Waals surface area contributed by atoms with Crippen LogP contribution < -0.4 is 10.1 Å². The summed E-state index contributed by atoms with van der Waals surface area (Å²) < 4.78 is 10.5. The minimum atomic E-state index is -0.949. The molecule has 1 amide bonds. The number of alkyl carbamates (subject to hydrolysis) is 1. The third kappa shape index (κ3) is 4.38. The molecular formula is C17H24N2O5. The number of nitrogens with zero attached hydrogens (tertiary/aromatic N) is 1. The number of rotatable bonds is 5. The van der Waals surface area contributed by atoms with E-state index in [0.29, 0.717) is 24.4 Å². The second-order valence-corrected chi connectivity index (χ2v) is 6.78. The van der Waals surface area contributed by atoms with Crippen molar-refractivity contribution < 1.29 is 24.2 Å². The molecule has 0 spiro atoms. The van der Waals surface area contributed by atoms with Gasteiger partial charge in [-0.3, -0.25) is 9.69 Å². The standard InChI is InChI=1S/C17H24N2O5/c1-17(2,3)24-16(22)18-11-9-19(10-11)14(15(20)21)12-7-5-6-8-13(12)23-4/h5-8,11,14H,9-10H2,1-4H3,(H,18,22)(H,20,21)/t14-/m0/s1. The van der Waals surface area contributed by atoms with E-state index in [1.165, 1.54) is 7.11 Å². The van der Waals surface area contributed by atoms with E-state index in [2.05, 4.69) is 5.32 Å². The van der Waals surface area contributed by atoms with Gasteiger partial charge in [-0.1, -0.05) is 18.2 Å². The van der Waals surface area contributed by atoms with Gasteiger partial charge in [-0.25, -0.2) is 4.79 Å². The van der Waals surface area contributed by atoms with E-state index in [-0.39, 0.29) is 6.04 Å². The molecule has 2 rings (SSSR count). The van der Waals surface area contributed by atoms with Crippen LogP contribution in [0.2, 0.25) is 0 Å². The Labute approximate surface area is 141 Å². The van der Waals surface area contributed by atoms with Gasteiger partial charge in [-0.15, -0.1) is 0 Å². The minimum Gasteiger partial charge on any atom is -0.496 e. The molecule has 1 saturated heterocycles. The van der Waals surface area contributed by atoms with Crippen LogP contribution in [0.1, 0.15) is 32.4 Å². The minimum absolute atomic E-state index is 0.128. The van der Waals surface area contributed by atoms with Gasteiger partial charge in [0.15, 0.2) is 0 Å². The van der Waals surface area contributed by atoms with Gasteiger partial charge in [0.1, 0.15) is 17.4 Å². The number of nitrogens with one attached hydrogen (secondary N) is 1. The molecule has 1 aliphatic rings. The third-order valence-corrected chi connectivity index (χ3v) is 3.66. The zero-order valence-electron chi connectivity index (χ0n) is 14.4. The normalized spacial score (nSPS) is 16.8. The Morgan fingerprint density at radius 2 is 1.92 bits per heavy atom. The number of carboxylic acid groups (broad SMARTS) is 1. The predicted molar refractivity (Wildman–Crippen MR) is 88.1 cm³/mol. The lowest BCUT2D eigenvalue weighted by Crippen LogP contribution is -2.61. The number of likely N-dealkylation sites (tertiary alicyclic amines) is 1. The van der Waals surface area contributed by atoms with Crippen molar-refractivity contribution in [2.75, 3.05) is 20.2 Å². The van der Waals surface area contributed by atoms with Gasteiger partial charge in [0.2, 0.25) is 0 Å². The first-order chi connectivity index (χ1) is 11.2. The molecule has 7 nitrogen and oxygen atoms in total. The van der Waals surface area contributed by atoms with Gasteiger partial charge in [-0.05, 0) is 26.8 Å². The number of para-hydroxylation sites is 1. The molecule has 24 heavy (non-hydrogen) atoms. The molecule has 0 aromatic heterocycles. The average Bonchev–Trinajstić information content (AvgIpc) is 2.43. The summed E-state index contributed by atoms with van der Waals surface area (Å²) in [5.41, 5.74) is 0.0392. The van der Waals surface area contributed by atoms with Gasteiger partial charge in [0.25, 0.3) is 0 Å². The van der Waals surface area contributed by atoms with Crippen LogP contribution in [-0.4, -0.2) is 53.9 Å². The number of amides is 1. The van der Waals surface area contributed by atoms with E-state index in [1.54, 1.807) is 49.9 Å². The van der Waals surface area contributed by atoms with Crippen molar-refractivity contribution in [3.05, 3.63) is 29.8 Å². The predicted octanol–water partition coefficient (Wildman–Crippen LogP) is 2.03. The topological polar surface area (TPSA) is 88.1 Å². The maximum absolute atomic E-state index is 11.8. The molecule has 1 aromatic rings. The number of carbonyl (C=O) groups excluding carboxylic acids is 1. The molecule has 0 radical (unpaired) electrons. The Balaban J connectivity index is 1.99. The van der Waals surface area contributed by atoms with Crippen molar-refractivity contribution in [3.63, 3.8) is 0 Å². The van der Waals surface area contributed by atoms with E-state index >= 15 is 0 Å². The molecule has 1 atom stereocenters. The molecule has 2 N–H and O–H groups in total. The highest BCUT2D eigenvalue weighted by Crippen LogP contribution is 2.32. The zero-order valence-corrected chi connectivity index (χ0v) is 14.4. The average molecular weight is 336 g/mol. The first kappa shape index (κ1) is 18.1. The van der Waals surface area contributed by atoms with Gasteiger partial charge in [-0.2, -0.15) is 0 Å². The number of carbonyl (C=O) groups is 2. The maximum Gasteiger partial charge on any atom is 0.407 e. The van der Waals surface area contributed by atoms with Gasteiger partial charge >= 0.3 is 12.1 Å². The molecule has 0 saturated carbocycles. The van der Waals surface area contributed by atoms with E-state index in [4.69, 9.17) is 9.47 Å². The summed E-state index contributed by atoms with van der Waals surface area (Å²) in [4.78, 5) is 25.2. The largest absolute Gasteiger partial charge is 0.496 e. The molecule has 1 aromatic carbocycles. The summed E-state index contributed by atoms with van der Waals surface area (Å²) in [6, 6.07) is 6.12. The van der Waals surface area contributed by atoms with Crippen molar-refractivity contribution in [1.29, 1.82) is 0 Å². The second kappa shape index (κ2) is 7.09. The fourth-order valence-electron chi connectivity index (χ4n) is 2.67. The van der Waals surface area contributed by atoms with Crippen molar-refractivity contribution in [2.45, 2.75) is 38.5 Å². The van der Waals surface area contributed by atoms with E-state index in [1.807, 2.05) is 0 Å². The van der Waals surface area contributed by atoms with Crippen LogP contribution in [0.3, 0.4) is 0 Å². The van der Waals surface area contributed by atoms with Gasteiger partial charge in [0.05, 0.1) is 13.2 Å². The number of ether oxygens (including phenoxy) is 2. The van der Waals surface area contributed by atoms with Crippen LogP contribution >= 0.6 is 0 Å². The SMILES string of the molecule is COc1ccccc1[C@@H](C(=O)O)N1CC(NC(=O)OC(C)(C)C)C1. The second-order valence-electron chi connectivity index (χ2n) is 6.78. The number of benzene rings is 1. The van der Waals surface area contributed by atoms with Crippen molar-refractivity contribution in [1.82, 2.24) is 10.2 Å². The van der Waals surface area contributed by atoms with Crippen molar-refractivity contribution in [3.8, 4) is 5.75 Å². The Kier molecular flexibility index (Phi) is 5.33. The Bertz CT molecular complexity index is 605. The lowest BCUT2D eigenvalue weighted by Gasteiger charge is -2.43. The number of hydrogen-bond donors (Lipinski definition) is 2. The lowest BCUT2D eigenvalue weighted by atomic mass is 9.98. The van der Waals surface area contributed by atoms with Crippen LogP contribution in [0.4, 0.5) is 4.79 Å². The monoisotopic (exact) mass is 336 g/mol. The summed E-state index contributed by atoms with van der Waals surface area (Å²) in [6.07, 6.45) is -0.490. The van der Waals surface area contributed by atoms with Crippen LogP contribution in [0.5, 0.6) is 5.75 Å². The molecule has 1 heterocycles. The Morgan fingerprint density at radius 3 is 2.46 bits per heavy atom. The van der Waals surface area contributed by atoms with Gasteiger partial charge in [0, 0.05) is 18.7 Å². The van der Waals surface area contributed by atoms with Crippen LogP contribution in [0.25, 0.3) is 0 Å². The fourth-order valence-corrected chi connectivity index (χ4v) is 2.67. The van der Waals surface area contributed by atoms with Crippen LogP contribution in [0, 0.1) is 0 Å². The molecular weight excluding hydrogens is 312 g/mol. The third-order valence-electron chi connectivity index (χ3n) is 3.66. The first-order valence-corrected chi connectivity index (χ1v) is 7.80. The Morgan fingerprint density at radius 1 is 1.29 bits per heavy atom. The lowest BCUT2D eigenvalue weighted by molar-refractivity contribution is -0.145. The molecule has 7 heteroatoms. The highest BCUT2D eigenvalue weighted by Gasteiger charge is 2.39. The summed E-state index contributed by atoms with van der Waals surface area (Å²) in [5.74, 6) is -0.413. The summed E-state index contributed by atoms with van der Waals surface area (Å²) in [7, 11) is 1.51. The summed E-state index contributed by atoms with van der Waals surface area (Å²) in [5, 5.41) is 12.3. The van der Waals surface area contributed by atoms with E-state index in [0.717, 1.165) is 0 Å². The maximum atomic E-state index is 11.8. The Hall–Kier alpha value is -2.28. The molecule has 1 fully saturated rings. The fraction of sp³-hybridized carbons (Fsp3) is 0.529. The number of carboxylic acids is 1. The van der Waals surface area contributed by atoms with E-state index < -0.39 is 23.7 Å². The number of hydrogen-bond acceptors (Lipinski definition) is 5. The highest BCUT2D eigenvalue weighted by molar-refractivity contribution is 5.77. The van der Waals surface area contributed by atoms with Gasteiger partial charge < -0.3 is 19.9 Å². The van der Waals surface area contributed by atoms with Crippen LogP contribution in [-0.2, 0) is 9.53 Å². The molecule has 0 aliphatic carbocycles. The van der Waals surface area contributed by atoms with Crippen LogP contribution in [0.15, 0.2) is 24.3 Å². The summed E-state index contributed by atoms with van der Waals surface area (Å²) in [6.45, 7) is 6.26. The van der Waals surface area contributed by atoms with Crippen molar-refractivity contribution >= 4 is 12.1 Å². The summed E-state index contributed by atoms with van der Waals surface area (Å²) >= 11 is 0. The first-order valence-electron chi connectivity index (χ1n) is 7.80. The molecule has 0 unspecified atom stereocenters. The van der Waals surface area contributed by atoms with E-state index in [9.17, 15) is 14.7 Å². The smallest absolute Gasteiger partial charge is 0.407 e. The number of aliphatic carboxylic acids is 1.